The van der Waals surface area contributed by atoms with Gasteiger partial charge in [0.1, 0.15) is 4.90 Å². The van der Waals surface area contributed by atoms with Crippen molar-refractivity contribution >= 4 is 21.4 Å². The number of hydrogen-bond donors (Lipinski definition) is 1. The molecule has 0 aromatic carbocycles. The van der Waals surface area contributed by atoms with E-state index in [0.717, 1.165) is 11.1 Å². The van der Waals surface area contributed by atoms with E-state index in [1.165, 1.54) is 21.5 Å². The van der Waals surface area contributed by atoms with Gasteiger partial charge in [0, 0.05) is 36.1 Å². The Balaban J connectivity index is 2.17. The van der Waals surface area contributed by atoms with Gasteiger partial charge in [-0.1, -0.05) is 0 Å². The zero-order chi connectivity index (χ0) is 15.6. The number of hydrogen-bond acceptors (Lipinski definition) is 5. The molecule has 0 saturated heterocycles. The molecule has 0 aliphatic rings. The molecule has 3 aromatic rings. The van der Waals surface area contributed by atoms with Gasteiger partial charge >= 0.3 is 0 Å². The summed E-state index contributed by atoms with van der Waals surface area (Å²) in [7, 11) is -1.83. The highest BCUT2D eigenvalue weighted by Crippen LogP contribution is 2.28. The topological polar surface area (TPSA) is 64.0 Å². The first-order valence-corrected chi connectivity index (χ1v) is 9.05. The number of nitrogens with one attached hydrogen (secondary N) is 1. The van der Waals surface area contributed by atoms with E-state index < -0.39 is 10.0 Å². The van der Waals surface area contributed by atoms with Crippen LogP contribution in [-0.4, -0.2) is 24.4 Å². The van der Waals surface area contributed by atoms with Gasteiger partial charge in [-0.2, -0.15) is 11.3 Å². The summed E-state index contributed by atoms with van der Waals surface area (Å²) in [5.74, 6) is 0. The summed E-state index contributed by atoms with van der Waals surface area (Å²) >= 11 is 1.54. The van der Waals surface area contributed by atoms with Crippen LogP contribution >= 0.6 is 11.3 Å². The van der Waals surface area contributed by atoms with Gasteiger partial charge in [0.05, 0.1) is 5.69 Å². The predicted octanol–water partition coefficient (Wildman–Crippen LogP) is 2.57. The molecule has 0 radical (unpaired) electrons. The molecule has 114 valence electrons. The zero-order valence-electron chi connectivity index (χ0n) is 11.9. The molecule has 5 nitrogen and oxygen atoms in total. The minimum absolute atomic E-state index is 0.179. The van der Waals surface area contributed by atoms with Crippen molar-refractivity contribution in [3.05, 3.63) is 59.2 Å². The number of rotatable bonds is 5. The van der Waals surface area contributed by atoms with Crippen molar-refractivity contribution in [2.24, 2.45) is 0 Å². The SMILES string of the molecule is CNCc1cc(-c2ccsc2)n(S(=O)(=O)c2cccnc2)c1. The van der Waals surface area contributed by atoms with Crippen LogP contribution < -0.4 is 5.32 Å². The molecule has 0 spiro atoms. The molecule has 3 rings (SSSR count). The highest BCUT2D eigenvalue weighted by atomic mass is 32.2. The highest BCUT2D eigenvalue weighted by Gasteiger charge is 2.22. The van der Waals surface area contributed by atoms with Gasteiger partial charge in [0.15, 0.2) is 0 Å². The summed E-state index contributed by atoms with van der Waals surface area (Å²) in [6.07, 6.45) is 4.58. The molecular formula is C15H15N3O2S2. The Labute approximate surface area is 133 Å². The van der Waals surface area contributed by atoms with E-state index in [1.54, 1.807) is 24.5 Å². The fourth-order valence-corrected chi connectivity index (χ4v) is 4.24. The van der Waals surface area contributed by atoms with Crippen molar-refractivity contribution < 1.29 is 8.42 Å². The maximum atomic E-state index is 12.9. The van der Waals surface area contributed by atoms with E-state index in [0.29, 0.717) is 12.2 Å². The van der Waals surface area contributed by atoms with Crippen molar-refractivity contribution in [2.75, 3.05) is 7.05 Å². The highest BCUT2D eigenvalue weighted by molar-refractivity contribution is 7.90. The number of nitrogens with zero attached hydrogens (tertiary/aromatic N) is 2. The lowest BCUT2D eigenvalue weighted by atomic mass is 10.2. The molecule has 22 heavy (non-hydrogen) atoms. The van der Waals surface area contributed by atoms with Crippen LogP contribution in [0.2, 0.25) is 0 Å². The van der Waals surface area contributed by atoms with Gasteiger partial charge < -0.3 is 5.32 Å². The lowest BCUT2D eigenvalue weighted by Gasteiger charge is -2.09. The molecule has 0 unspecified atom stereocenters. The largest absolute Gasteiger partial charge is 0.316 e. The first-order valence-electron chi connectivity index (χ1n) is 6.67. The number of pyridine rings is 1. The van der Waals surface area contributed by atoms with Crippen LogP contribution in [0, 0.1) is 0 Å². The standard InChI is InChI=1S/C15H15N3O2S2/c1-16-8-12-7-15(13-4-6-21-11-13)18(10-12)22(19,20)14-3-2-5-17-9-14/h2-7,9-11,16H,8H2,1H3. The van der Waals surface area contributed by atoms with Gasteiger partial charge in [-0.3, -0.25) is 4.98 Å². The molecule has 3 aromatic heterocycles. The van der Waals surface area contributed by atoms with Gasteiger partial charge in [-0.05, 0) is 42.3 Å². The number of aromatic nitrogens is 2. The second-order valence-electron chi connectivity index (χ2n) is 4.77. The third-order valence-electron chi connectivity index (χ3n) is 3.23. The maximum Gasteiger partial charge on any atom is 0.269 e. The van der Waals surface area contributed by atoms with Crippen LogP contribution in [-0.2, 0) is 16.6 Å². The van der Waals surface area contributed by atoms with Gasteiger partial charge in [0.2, 0.25) is 0 Å². The Morgan fingerprint density at radius 1 is 1.36 bits per heavy atom. The van der Waals surface area contributed by atoms with Gasteiger partial charge in [-0.25, -0.2) is 12.4 Å². The maximum absolute atomic E-state index is 12.9. The second-order valence-corrected chi connectivity index (χ2v) is 7.36. The Kier molecular flexibility index (Phi) is 4.10. The van der Waals surface area contributed by atoms with Crippen LogP contribution in [0.4, 0.5) is 0 Å². The molecule has 0 fully saturated rings. The molecule has 0 bridgehead atoms. The van der Waals surface area contributed by atoms with E-state index in [9.17, 15) is 8.42 Å². The molecular weight excluding hydrogens is 318 g/mol. The second kappa shape index (κ2) is 6.04. The fourth-order valence-electron chi connectivity index (χ4n) is 2.23. The lowest BCUT2D eigenvalue weighted by Crippen LogP contribution is -2.13. The summed E-state index contributed by atoms with van der Waals surface area (Å²) in [6.45, 7) is 0.604. The van der Waals surface area contributed by atoms with E-state index in [1.807, 2.05) is 29.9 Å². The zero-order valence-corrected chi connectivity index (χ0v) is 13.6. The van der Waals surface area contributed by atoms with Crippen LogP contribution in [0.1, 0.15) is 5.56 Å². The first-order chi connectivity index (χ1) is 10.6. The van der Waals surface area contributed by atoms with E-state index in [2.05, 4.69) is 10.3 Å². The third-order valence-corrected chi connectivity index (χ3v) is 5.57. The first kappa shape index (κ1) is 15.0. The van der Waals surface area contributed by atoms with Crippen molar-refractivity contribution in [2.45, 2.75) is 11.4 Å². The van der Waals surface area contributed by atoms with Gasteiger partial charge in [-0.15, -0.1) is 0 Å². The monoisotopic (exact) mass is 333 g/mol. The molecule has 0 amide bonds. The molecule has 7 heteroatoms. The van der Waals surface area contributed by atoms with Gasteiger partial charge in [0.25, 0.3) is 10.0 Å². The van der Waals surface area contributed by atoms with Crippen LogP contribution in [0.25, 0.3) is 11.3 Å². The van der Waals surface area contributed by atoms with E-state index in [4.69, 9.17) is 0 Å². The normalized spacial score (nSPS) is 11.7. The Morgan fingerprint density at radius 3 is 2.86 bits per heavy atom. The van der Waals surface area contributed by atoms with Crippen LogP contribution in [0.3, 0.4) is 0 Å². The van der Waals surface area contributed by atoms with Crippen LogP contribution in [0.15, 0.2) is 58.5 Å². The molecule has 0 atom stereocenters. The summed E-state index contributed by atoms with van der Waals surface area (Å²) in [4.78, 5) is 4.09. The van der Waals surface area contributed by atoms with E-state index in [-0.39, 0.29) is 4.90 Å². The Bertz CT molecular complexity index is 854. The smallest absolute Gasteiger partial charge is 0.269 e. The molecule has 1 N–H and O–H groups in total. The Hall–Kier alpha value is -1.96. The fraction of sp³-hybridized carbons (Fsp3) is 0.133. The van der Waals surface area contributed by atoms with Crippen molar-refractivity contribution in [1.29, 1.82) is 0 Å². The number of thiophene rings is 1. The quantitative estimate of drug-likeness (QED) is 0.779. The molecule has 3 heterocycles. The van der Waals surface area contributed by atoms with Crippen molar-refractivity contribution in [3.8, 4) is 11.3 Å². The average Bonchev–Trinajstić information content (AvgIpc) is 3.17. The molecule has 0 aliphatic carbocycles. The van der Waals surface area contributed by atoms with E-state index >= 15 is 0 Å². The molecule has 0 saturated carbocycles. The summed E-state index contributed by atoms with van der Waals surface area (Å²) in [6, 6.07) is 6.98. The summed E-state index contributed by atoms with van der Waals surface area (Å²) in [5.41, 5.74) is 2.46. The van der Waals surface area contributed by atoms with Crippen LogP contribution in [0.5, 0.6) is 0 Å². The average molecular weight is 333 g/mol. The lowest BCUT2D eigenvalue weighted by molar-refractivity contribution is 0.587. The minimum Gasteiger partial charge on any atom is -0.316 e. The molecule has 0 aliphatic heterocycles. The Morgan fingerprint density at radius 2 is 2.23 bits per heavy atom. The summed E-state index contributed by atoms with van der Waals surface area (Å²) < 4.78 is 27.1. The predicted molar refractivity (Wildman–Crippen MR) is 87.3 cm³/mol. The van der Waals surface area contributed by atoms with Crippen molar-refractivity contribution in [1.82, 2.24) is 14.3 Å². The third kappa shape index (κ3) is 2.70. The van der Waals surface area contributed by atoms with Crippen molar-refractivity contribution in [3.63, 3.8) is 0 Å². The minimum atomic E-state index is -3.66. The summed E-state index contributed by atoms with van der Waals surface area (Å²) in [5, 5.41) is 6.91.